The Balaban J connectivity index is 1.21. The van der Waals surface area contributed by atoms with E-state index in [0.29, 0.717) is 0 Å². The Morgan fingerprint density at radius 3 is 2.10 bits per heavy atom. The summed E-state index contributed by atoms with van der Waals surface area (Å²) in [5.74, 6) is 0. The van der Waals surface area contributed by atoms with Gasteiger partial charge in [0, 0.05) is 18.0 Å². The molecule has 0 saturated heterocycles. The molecule has 2 heteroatoms. The molecule has 0 aliphatic carbocycles. The molecule has 6 aromatic carbocycles. The summed E-state index contributed by atoms with van der Waals surface area (Å²) in [6.45, 7) is 4.48. The number of hydrogen-bond acceptors (Lipinski definition) is 1. The molecule has 0 saturated carbocycles. The molecule has 0 spiro atoms. The molecule has 0 amide bonds. The van der Waals surface area contributed by atoms with Gasteiger partial charge in [-0.3, -0.25) is 0 Å². The number of aryl methyl sites for hydroxylation is 2. The fourth-order valence-corrected chi connectivity index (χ4v) is 6.34. The van der Waals surface area contributed by atoms with Gasteiger partial charge in [-0.15, -0.1) is 0 Å². The molecular weight excluding hydrogens is 472 g/mol. The van der Waals surface area contributed by atoms with Crippen molar-refractivity contribution in [3.8, 4) is 33.5 Å². The zero-order chi connectivity index (χ0) is 26.1. The van der Waals surface area contributed by atoms with Crippen molar-refractivity contribution in [2.75, 3.05) is 0 Å². The number of benzene rings is 6. The molecule has 0 N–H and O–H groups in total. The summed E-state index contributed by atoms with van der Waals surface area (Å²) in [4.78, 5) is 4.77. The molecule has 0 aliphatic rings. The van der Waals surface area contributed by atoms with E-state index in [9.17, 15) is 0 Å². The van der Waals surface area contributed by atoms with Gasteiger partial charge >= 0.3 is 0 Å². The molecule has 2 heterocycles. The van der Waals surface area contributed by atoms with Gasteiger partial charge in [0.25, 0.3) is 0 Å². The maximum atomic E-state index is 4.77. The first kappa shape index (κ1) is 22.1. The monoisotopic (exact) mass is 498 g/mol. The summed E-state index contributed by atoms with van der Waals surface area (Å²) in [6, 6.07) is 39.8. The maximum absolute atomic E-state index is 4.77. The molecule has 0 atom stereocenters. The van der Waals surface area contributed by atoms with E-state index < -0.39 is 0 Å². The smallest absolute Gasteiger partial charge is 0.137 e. The van der Waals surface area contributed by atoms with Crippen LogP contribution in [-0.2, 0) is 0 Å². The molecule has 0 fully saturated rings. The average Bonchev–Trinajstić information content (AvgIpc) is 3.41. The average molecular weight is 499 g/mol. The Morgan fingerprint density at radius 1 is 0.564 bits per heavy atom. The molecular formula is C37H26N2. The van der Waals surface area contributed by atoms with Crippen LogP contribution in [0.1, 0.15) is 11.1 Å². The minimum absolute atomic E-state index is 0.963. The molecule has 39 heavy (non-hydrogen) atoms. The number of hydrogen-bond donors (Lipinski definition) is 0. The van der Waals surface area contributed by atoms with E-state index in [4.69, 9.17) is 4.98 Å². The highest BCUT2D eigenvalue weighted by atomic mass is 15.0. The Hall–Kier alpha value is -4.95. The first-order valence-electron chi connectivity index (χ1n) is 13.5. The fourth-order valence-electron chi connectivity index (χ4n) is 6.34. The molecule has 8 aromatic rings. The van der Waals surface area contributed by atoms with Crippen LogP contribution < -0.4 is 0 Å². The number of imidazole rings is 1. The second kappa shape index (κ2) is 8.28. The predicted molar refractivity (Wildman–Crippen MR) is 165 cm³/mol. The van der Waals surface area contributed by atoms with Gasteiger partial charge in [-0.05, 0) is 91.7 Å². The van der Waals surface area contributed by atoms with Gasteiger partial charge in [-0.25, -0.2) is 4.98 Å². The van der Waals surface area contributed by atoms with Crippen LogP contribution in [0, 0.1) is 13.8 Å². The number of pyridine rings is 1. The minimum Gasteiger partial charge on any atom is -0.306 e. The topological polar surface area (TPSA) is 17.3 Å². The van der Waals surface area contributed by atoms with Crippen molar-refractivity contribution in [3.05, 3.63) is 133 Å². The van der Waals surface area contributed by atoms with E-state index in [1.54, 1.807) is 0 Å². The van der Waals surface area contributed by atoms with Gasteiger partial charge < -0.3 is 4.40 Å². The molecule has 0 unspecified atom stereocenters. The molecule has 0 radical (unpaired) electrons. The van der Waals surface area contributed by atoms with E-state index in [2.05, 4.69) is 115 Å². The van der Waals surface area contributed by atoms with Crippen LogP contribution >= 0.6 is 0 Å². The van der Waals surface area contributed by atoms with Crippen LogP contribution in [0.25, 0.3) is 71.5 Å². The largest absolute Gasteiger partial charge is 0.306 e. The fraction of sp³-hybridized carbons (Fsp3) is 0.0541. The third-order valence-electron chi connectivity index (χ3n) is 8.22. The first-order chi connectivity index (χ1) is 19.1. The standard InChI is InChI=1S/C37H26N2/c1-23-20-29(25-9-11-26(12-10-25)33-22-39-19-4-3-8-34(39)38-33)16-17-31(23)35-24(2)21-30-14-13-27-6-5-7-28-15-18-32(35)37(30)36(27)28/h3-22H,1-2H3. The Kier molecular flexibility index (Phi) is 4.68. The molecule has 0 bridgehead atoms. The normalized spacial score (nSPS) is 11.8. The Bertz CT molecular complexity index is 2130. The van der Waals surface area contributed by atoms with Gasteiger partial charge in [0.15, 0.2) is 0 Å². The van der Waals surface area contributed by atoms with E-state index in [-0.39, 0.29) is 0 Å². The van der Waals surface area contributed by atoms with Crippen LogP contribution in [0.4, 0.5) is 0 Å². The van der Waals surface area contributed by atoms with E-state index in [1.807, 2.05) is 24.4 Å². The van der Waals surface area contributed by atoms with Crippen molar-refractivity contribution < 1.29 is 0 Å². The molecule has 0 aliphatic heterocycles. The van der Waals surface area contributed by atoms with Crippen molar-refractivity contribution in [1.29, 1.82) is 0 Å². The van der Waals surface area contributed by atoms with Crippen molar-refractivity contribution in [2.45, 2.75) is 13.8 Å². The Labute approximate surface area is 227 Å². The lowest BCUT2D eigenvalue weighted by atomic mass is 9.85. The number of rotatable bonds is 3. The van der Waals surface area contributed by atoms with Crippen molar-refractivity contribution >= 4 is 38.0 Å². The van der Waals surface area contributed by atoms with Crippen LogP contribution in [-0.4, -0.2) is 9.38 Å². The van der Waals surface area contributed by atoms with Crippen LogP contribution in [0.2, 0.25) is 0 Å². The number of aromatic nitrogens is 2. The summed E-state index contributed by atoms with van der Waals surface area (Å²) in [6.07, 6.45) is 4.12. The summed E-state index contributed by atoms with van der Waals surface area (Å²) < 4.78 is 2.06. The summed E-state index contributed by atoms with van der Waals surface area (Å²) in [7, 11) is 0. The molecule has 2 aromatic heterocycles. The van der Waals surface area contributed by atoms with Crippen LogP contribution in [0.5, 0.6) is 0 Å². The lowest BCUT2D eigenvalue weighted by Crippen LogP contribution is -1.93. The van der Waals surface area contributed by atoms with Gasteiger partial charge in [0.1, 0.15) is 5.65 Å². The van der Waals surface area contributed by atoms with Gasteiger partial charge in [-0.2, -0.15) is 0 Å². The van der Waals surface area contributed by atoms with E-state index in [0.717, 1.165) is 16.9 Å². The van der Waals surface area contributed by atoms with Crippen molar-refractivity contribution in [3.63, 3.8) is 0 Å². The first-order valence-corrected chi connectivity index (χ1v) is 13.5. The summed E-state index contributed by atoms with van der Waals surface area (Å²) in [5, 5.41) is 8.00. The lowest BCUT2D eigenvalue weighted by Gasteiger charge is -2.18. The SMILES string of the molecule is Cc1cc(-c2ccc(-c3cn4ccccc4n3)cc2)ccc1-c1c(C)cc2ccc3cccc4ccc1c2c34. The predicted octanol–water partition coefficient (Wildman–Crippen LogP) is 9.85. The highest BCUT2D eigenvalue weighted by molar-refractivity contribution is 6.26. The third-order valence-corrected chi connectivity index (χ3v) is 8.22. The highest BCUT2D eigenvalue weighted by Gasteiger charge is 2.16. The summed E-state index contributed by atoms with van der Waals surface area (Å²) in [5.41, 5.74) is 10.8. The van der Waals surface area contributed by atoms with E-state index in [1.165, 1.54) is 65.7 Å². The summed E-state index contributed by atoms with van der Waals surface area (Å²) >= 11 is 0. The van der Waals surface area contributed by atoms with Gasteiger partial charge in [-0.1, -0.05) is 97.1 Å². The van der Waals surface area contributed by atoms with Crippen LogP contribution in [0.3, 0.4) is 0 Å². The minimum atomic E-state index is 0.963. The van der Waals surface area contributed by atoms with Crippen molar-refractivity contribution in [1.82, 2.24) is 9.38 Å². The van der Waals surface area contributed by atoms with Crippen LogP contribution in [0.15, 0.2) is 122 Å². The third kappa shape index (κ3) is 3.38. The number of nitrogens with zero attached hydrogens (tertiary/aromatic N) is 2. The van der Waals surface area contributed by atoms with Crippen molar-refractivity contribution in [2.24, 2.45) is 0 Å². The lowest BCUT2D eigenvalue weighted by molar-refractivity contribution is 1.19. The molecule has 184 valence electrons. The van der Waals surface area contributed by atoms with E-state index >= 15 is 0 Å². The quantitative estimate of drug-likeness (QED) is 0.222. The highest BCUT2D eigenvalue weighted by Crippen LogP contribution is 2.42. The van der Waals surface area contributed by atoms with Gasteiger partial charge in [0.2, 0.25) is 0 Å². The molecule has 8 rings (SSSR count). The Morgan fingerprint density at radius 2 is 1.31 bits per heavy atom. The molecule has 2 nitrogen and oxygen atoms in total. The zero-order valence-electron chi connectivity index (χ0n) is 21.9. The second-order valence-corrected chi connectivity index (χ2v) is 10.6. The van der Waals surface area contributed by atoms with Gasteiger partial charge in [0.05, 0.1) is 5.69 Å². The number of fused-ring (bicyclic) bond motifs is 1. The maximum Gasteiger partial charge on any atom is 0.137 e. The second-order valence-electron chi connectivity index (χ2n) is 10.6. The zero-order valence-corrected chi connectivity index (χ0v) is 21.9.